The molecule has 3 heteroatoms. The zero-order valence-corrected chi connectivity index (χ0v) is 13.2. The molecule has 0 saturated heterocycles. The largest absolute Gasteiger partial charge is 0.487 e. The molecule has 21 heavy (non-hydrogen) atoms. The van der Waals surface area contributed by atoms with E-state index in [1.54, 1.807) is 18.2 Å². The van der Waals surface area contributed by atoms with Gasteiger partial charge in [-0.1, -0.05) is 62.7 Å². The van der Waals surface area contributed by atoms with Crippen molar-refractivity contribution in [2.75, 3.05) is 0 Å². The van der Waals surface area contributed by atoms with Crippen LogP contribution in [0, 0.1) is 11.3 Å². The van der Waals surface area contributed by atoms with E-state index in [0.717, 1.165) is 5.56 Å². The zero-order chi connectivity index (χ0) is 15.5. The lowest BCUT2D eigenvalue weighted by Gasteiger charge is -2.19. The number of hydrogen-bond donors (Lipinski definition) is 0. The second kappa shape index (κ2) is 6.20. The number of ether oxygens (including phenoxy) is 1. The SMILES string of the molecule is CC(C)(C)c1ccc(COc2cccc(Cl)c2C#N)cc1. The maximum absolute atomic E-state index is 9.11. The van der Waals surface area contributed by atoms with Crippen molar-refractivity contribution in [3.05, 3.63) is 64.2 Å². The summed E-state index contributed by atoms with van der Waals surface area (Å²) in [6.07, 6.45) is 0. The van der Waals surface area contributed by atoms with Crippen molar-refractivity contribution in [2.45, 2.75) is 32.8 Å². The summed E-state index contributed by atoms with van der Waals surface area (Å²) in [6, 6.07) is 15.6. The molecule has 2 aromatic rings. The first-order valence-corrected chi connectivity index (χ1v) is 7.20. The Hall–Kier alpha value is -1.98. The van der Waals surface area contributed by atoms with E-state index in [2.05, 4.69) is 51.1 Å². The van der Waals surface area contributed by atoms with Crippen LogP contribution in [-0.4, -0.2) is 0 Å². The summed E-state index contributed by atoms with van der Waals surface area (Å²) in [7, 11) is 0. The van der Waals surface area contributed by atoms with Crippen LogP contribution in [0.15, 0.2) is 42.5 Å². The highest BCUT2D eigenvalue weighted by atomic mass is 35.5. The van der Waals surface area contributed by atoms with Gasteiger partial charge in [0, 0.05) is 0 Å². The number of nitriles is 1. The normalized spacial score (nSPS) is 11.0. The first-order valence-electron chi connectivity index (χ1n) is 6.82. The summed E-state index contributed by atoms with van der Waals surface area (Å²) in [6.45, 7) is 6.97. The summed E-state index contributed by atoms with van der Waals surface area (Å²) in [5.41, 5.74) is 2.87. The van der Waals surface area contributed by atoms with Crippen molar-refractivity contribution in [1.82, 2.24) is 0 Å². The highest BCUT2D eigenvalue weighted by Crippen LogP contribution is 2.26. The third kappa shape index (κ3) is 3.77. The summed E-state index contributed by atoms with van der Waals surface area (Å²) in [4.78, 5) is 0. The van der Waals surface area contributed by atoms with Gasteiger partial charge in [0.1, 0.15) is 24.0 Å². The molecule has 2 nitrogen and oxygen atoms in total. The van der Waals surface area contributed by atoms with Gasteiger partial charge in [0.05, 0.1) is 5.02 Å². The Morgan fingerprint density at radius 3 is 2.33 bits per heavy atom. The Labute approximate surface area is 130 Å². The predicted octanol–water partition coefficient (Wildman–Crippen LogP) is 5.09. The number of hydrogen-bond acceptors (Lipinski definition) is 2. The maximum Gasteiger partial charge on any atom is 0.139 e. The van der Waals surface area contributed by atoms with Gasteiger partial charge in [-0.25, -0.2) is 0 Å². The number of rotatable bonds is 3. The molecule has 0 aliphatic carbocycles. The molecule has 0 bridgehead atoms. The topological polar surface area (TPSA) is 33.0 Å². The second-order valence-electron chi connectivity index (χ2n) is 5.96. The van der Waals surface area contributed by atoms with Gasteiger partial charge in [-0.05, 0) is 28.7 Å². The fourth-order valence-corrected chi connectivity index (χ4v) is 2.20. The molecule has 0 aliphatic rings. The van der Waals surface area contributed by atoms with Gasteiger partial charge in [0.25, 0.3) is 0 Å². The summed E-state index contributed by atoms with van der Waals surface area (Å²) >= 11 is 5.98. The average molecular weight is 300 g/mol. The van der Waals surface area contributed by atoms with E-state index < -0.39 is 0 Å². The minimum absolute atomic E-state index is 0.139. The minimum atomic E-state index is 0.139. The Morgan fingerprint density at radius 2 is 1.76 bits per heavy atom. The van der Waals surface area contributed by atoms with Gasteiger partial charge in [0.2, 0.25) is 0 Å². The number of nitrogens with zero attached hydrogens (tertiary/aromatic N) is 1. The monoisotopic (exact) mass is 299 g/mol. The van der Waals surface area contributed by atoms with E-state index in [1.807, 2.05) is 0 Å². The van der Waals surface area contributed by atoms with Crippen LogP contribution in [0.5, 0.6) is 5.75 Å². The Balaban J connectivity index is 2.11. The van der Waals surface area contributed by atoms with E-state index in [4.69, 9.17) is 21.6 Å². The lowest BCUT2D eigenvalue weighted by Crippen LogP contribution is -2.10. The van der Waals surface area contributed by atoms with E-state index in [0.29, 0.717) is 22.9 Å². The van der Waals surface area contributed by atoms with Crippen molar-refractivity contribution in [2.24, 2.45) is 0 Å². The average Bonchev–Trinajstić information content (AvgIpc) is 2.44. The minimum Gasteiger partial charge on any atom is -0.487 e. The van der Waals surface area contributed by atoms with Crippen LogP contribution >= 0.6 is 11.6 Å². The fraction of sp³-hybridized carbons (Fsp3) is 0.278. The quantitative estimate of drug-likeness (QED) is 0.791. The molecule has 0 heterocycles. The molecule has 0 spiro atoms. The van der Waals surface area contributed by atoms with E-state index in [1.165, 1.54) is 5.56 Å². The first-order chi connectivity index (χ1) is 9.91. The smallest absolute Gasteiger partial charge is 0.139 e. The third-order valence-electron chi connectivity index (χ3n) is 3.30. The van der Waals surface area contributed by atoms with Crippen LogP contribution in [-0.2, 0) is 12.0 Å². The Kier molecular flexibility index (Phi) is 4.55. The molecule has 0 atom stereocenters. The number of benzene rings is 2. The molecule has 0 aliphatic heterocycles. The van der Waals surface area contributed by atoms with Crippen molar-refractivity contribution in [3.8, 4) is 11.8 Å². The lowest BCUT2D eigenvalue weighted by atomic mass is 9.87. The summed E-state index contributed by atoms with van der Waals surface area (Å²) in [5.74, 6) is 0.518. The highest BCUT2D eigenvalue weighted by molar-refractivity contribution is 6.31. The highest BCUT2D eigenvalue weighted by Gasteiger charge is 2.13. The molecule has 0 aromatic heterocycles. The maximum atomic E-state index is 9.11. The van der Waals surface area contributed by atoms with Crippen LogP contribution in [0.2, 0.25) is 5.02 Å². The molecule has 2 aromatic carbocycles. The van der Waals surface area contributed by atoms with Crippen LogP contribution < -0.4 is 4.74 Å². The Morgan fingerprint density at radius 1 is 1.10 bits per heavy atom. The standard InChI is InChI=1S/C18H18ClNO/c1-18(2,3)14-9-7-13(8-10-14)12-21-17-6-4-5-16(19)15(17)11-20/h4-10H,12H2,1-3H3. The van der Waals surface area contributed by atoms with Crippen molar-refractivity contribution in [1.29, 1.82) is 5.26 Å². The molecule has 0 saturated carbocycles. The van der Waals surface area contributed by atoms with Gasteiger partial charge in [-0.15, -0.1) is 0 Å². The van der Waals surface area contributed by atoms with Gasteiger partial charge in [-0.2, -0.15) is 5.26 Å². The van der Waals surface area contributed by atoms with Gasteiger partial charge in [0.15, 0.2) is 0 Å². The zero-order valence-electron chi connectivity index (χ0n) is 12.5. The summed E-state index contributed by atoms with van der Waals surface area (Å²) < 4.78 is 5.71. The van der Waals surface area contributed by atoms with Gasteiger partial charge < -0.3 is 4.74 Å². The molecule has 2 rings (SSSR count). The molecule has 0 N–H and O–H groups in total. The lowest BCUT2D eigenvalue weighted by molar-refractivity contribution is 0.305. The molecular formula is C18H18ClNO. The van der Waals surface area contributed by atoms with E-state index in [9.17, 15) is 0 Å². The second-order valence-corrected chi connectivity index (χ2v) is 6.37. The Bertz CT molecular complexity index is 663. The van der Waals surface area contributed by atoms with Crippen LogP contribution in [0.4, 0.5) is 0 Å². The van der Waals surface area contributed by atoms with Crippen molar-refractivity contribution < 1.29 is 4.74 Å². The van der Waals surface area contributed by atoms with Crippen molar-refractivity contribution in [3.63, 3.8) is 0 Å². The molecule has 0 fully saturated rings. The number of halogens is 1. The molecule has 0 amide bonds. The van der Waals surface area contributed by atoms with E-state index >= 15 is 0 Å². The van der Waals surface area contributed by atoms with Gasteiger partial charge in [-0.3, -0.25) is 0 Å². The molecule has 108 valence electrons. The molecule has 0 unspecified atom stereocenters. The molecular weight excluding hydrogens is 282 g/mol. The van der Waals surface area contributed by atoms with Crippen LogP contribution in [0.1, 0.15) is 37.5 Å². The van der Waals surface area contributed by atoms with E-state index in [-0.39, 0.29) is 5.41 Å². The molecule has 0 radical (unpaired) electrons. The summed E-state index contributed by atoms with van der Waals surface area (Å²) in [5, 5.41) is 9.52. The fourth-order valence-electron chi connectivity index (χ4n) is 2.00. The predicted molar refractivity (Wildman–Crippen MR) is 85.6 cm³/mol. The first kappa shape index (κ1) is 15.4. The van der Waals surface area contributed by atoms with Crippen LogP contribution in [0.3, 0.4) is 0 Å². The third-order valence-corrected chi connectivity index (χ3v) is 3.62. The van der Waals surface area contributed by atoms with Gasteiger partial charge >= 0.3 is 0 Å². The van der Waals surface area contributed by atoms with Crippen molar-refractivity contribution >= 4 is 11.6 Å². The van der Waals surface area contributed by atoms with Crippen LogP contribution in [0.25, 0.3) is 0 Å².